The van der Waals surface area contributed by atoms with Crippen LogP contribution < -0.4 is 5.32 Å². The van der Waals surface area contributed by atoms with E-state index in [0.29, 0.717) is 18.8 Å². The Morgan fingerprint density at radius 2 is 1.73 bits per heavy atom. The lowest BCUT2D eigenvalue weighted by molar-refractivity contribution is -0.138. The van der Waals surface area contributed by atoms with Crippen LogP contribution in [0.3, 0.4) is 0 Å². The van der Waals surface area contributed by atoms with Crippen LogP contribution in [0.2, 0.25) is 0 Å². The van der Waals surface area contributed by atoms with E-state index in [0.717, 1.165) is 10.5 Å². The van der Waals surface area contributed by atoms with Gasteiger partial charge in [0, 0.05) is 18.0 Å². The summed E-state index contributed by atoms with van der Waals surface area (Å²) in [5, 5.41) is 2.81. The van der Waals surface area contributed by atoms with Crippen molar-refractivity contribution in [1.29, 1.82) is 0 Å². The molecule has 0 aromatic heterocycles. The summed E-state index contributed by atoms with van der Waals surface area (Å²) in [4.78, 5) is 27.8. The predicted octanol–water partition coefficient (Wildman–Crippen LogP) is 3.64. The number of benzene rings is 2. The van der Waals surface area contributed by atoms with Crippen LogP contribution in [0.1, 0.15) is 25.0 Å². The van der Waals surface area contributed by atoms with Gasteiger partial charge in [-0.25, -0.2) is 0 Å². The first-order valence-electron chi connectivity index (χ1n) is 8.81. The Morgan fingerprint density at radius 3 is 2.35 bits per heavy atom. The van der Waals surface area contributed by atoms with E-state index in [9.17, 15) is 9.59 Å². The molecule has 0 saturated heterocycles. The van der Waals surface area contributed by atoms with Crippen LogP contribution in [-0.2, 0) is 16.1 Å². The number of amides is 2. The van der Waals surface area contributed by atoms with E-state index in [4.69, 9.17) is 0 Å². The zero-order chi connectivity index (χ0) is 18.9. The van der Waals surface area contributed by atoms with Crippen molar-refractivity contribution in [2.75, 3.05) is 12.3 Å². The van der Waals surface area contributed by atoms with Gasteiger partial charge >= 0.3 is 0 Å². The number of carbonyl (C=O) groups is 2. The van der Waals surface area contributed by atoms with Crippen molar-refractivity contribution in [1.82, 2.24) is 10.2 Å². The molecule has 0 aliphatic rings. The number of likely N-dealkylation sites (N-methyl/N-ethyl adjacent to an activating group) is 1. The van der Waals surface area contributed by atoms with E-state index in [1.54, 1.807) is 11.8 Å². The summed E-state index contributed by atoms with van der Waals surface area (Å²) in [5.74, 6) is 0.134. The van der Waals surface area contributed by atoms with Crippen LogP contribution in [0.5, 0.6) is 0 Å². The van der Waals surface area contributed by atoms with Gasteiger partial charge in [-0.1, -0.05) is 48.0 Å². The highest BCUT2D eigenvalue weighted by Crippen LogP contribution is 2.20. The Labute approximate surface area is 160 Å². The number of nitrogens with one attached hydrogen (secondary N) is 1. The lowest BCUT2D eigenvalue weighted by Crippen LogP contribution is -2.48. The van der Waals surface area contributed by atoms with E-state index in [2.05, 4.69) is 5.32 Å². The van der Waals surface area contributed by atoms with Gasteiger partial charge in [0.1, 0.15) is 6.04 Å². The molecular formula is C21H26N2O2S. The number of rotatable bonds is 8. The molecule has 26 heavy (non-hydrogen) atoms. The SMILES string of the molecule is CCNC(=O)C(C)N(Cc1ccccc1)C(=O)CSc1ccc(C)cc1. The van der Waals surface area contributed by atoms with E-state index < -0.39 is 6.04 Å². The molecule has 2 aromatic carbocycles. The molecule has 138 valence electrons. The maximum absolute atomic E-state index is 12.9. The van der Waals surface area contributed by atoms with Crippen molar-refractivity contribution in [2.24, 2.45) is 0 Å². The number of thioether (sulfide) groups is 1. The van der Waals surface area contributed by atoms with E-state index in [-0.39, 0.29) is 11.8 Å². The lowest BCUT2D eigenvalue weighted by Gasteiger charge is -2.28. The zero-order valence-corrected chi connectivity index (χ0v) is 16.4. The molecule has 2 rings (SSSR count). The maximum atomic E-state index is 12.9. The van der Waals surface area contributed by atoms with Gasteiger partial charge in [0.05, 0.1) is 5.75 Å². The molecule has 0 heterocycles. The van der Waals surface area contributed by atoms with Gasteiger partial charge in [-0.3, -0.25) is 9.59 Å². The molecule has 0 fully saturated rings. The minimum absolute atomic E-state index is 0.0434. The Bertz CT molecular complexity index is 717. The van der Waals surface area contributed by atoms with Crippen molar-refractivity contribution in [3.8, 4) is 0 Å². The van der Waals surface area contributed by atoms with Gasteiger partial charge in [-0.2, -0.15) is 0 Å². The first-order valence-corrected chi connectivity index (χ1v) is 9.80. The topological polar surface area (TPSA) is 49.4 Å². The fourth-order valence-electron chi connectivity index (χ4n) is 2.55. The molecule has 0 radical (unpaired) electrons. The van der Waals surface area contributed by atoms with Crippen LogP contribution >= 0.6 is 11.8 Å². The van der Waals surface area contributed by atoms with Crippen molar-refractivity contribution in [3.63, 3.8) is 0 Å². The largest absolute Gasteiger partial charge is 0.355 e. The quantitative estimate of drug-likeness (QED) is 0.722. The maximum Gasteiger partial charge on any atom is 0.242 e. The highest BCUT2D eigenvalue weighted by molar-refractivity contribution is 8.00. The van der Waals surface area contributed by atoms with Crippen LogP contribution in [0, 0.1) is 6.92 Å². The normalized spacial score (nSPS) is 11.7. The first-order chi connectivity index (χ1) is 12.5. The summed E-state index contributed by atoms with van der Waals surface area (Å²) in [5.41, 5.74) is 2.20. The molecule has 0 bridgehead atoms. The molecular weight excluding hydrogens is 344 g/mol. The molecule has 1 N–H and O–H groups in total. The second kappa shape index (κ2) is 10.0. The molecule has 4 nitrogen and oxygen atoms in total. The first kappa shape index (κ1) is 20.0. The van der Waals surface area contributed by atoms with Crippen LogP contribution in [0.25, 0.3) is 0 Å². The Hall–Kier alpha value is -2.27. The standard InChI is InChI=1S/C21H26N2O2S/c1-4-22-21(25)17(3)23(14-18-8-6-5-7-9-18)20(24)15-26-19-12-10-16(2)11-13-19/h5-13,17H,4,14-15H2,1-3H3,(H,22,25). The fraction of sp³-hybridized carbons (Fsp3) is 0.333. The Balaban J connectivity index is 2.09. The van der Waals surface area contributed by atoms with Crippen molar-refractivity contribution >= 4 is 23.6 Å². The van der Waals surface area contributed by atoms with E-state index in [1.165, 1.54) is 17.3 Å². The van der Waals surface area contributed by atoms with Gasteiger partial charge in [0.2, 0.25) is 11.8 Å². The van der Waals surface area contributed by atoms with Gasteiger partial charge in [0.15, 0.2) is 0 Å². The average Bonchev–Trinajstić information content (AvgIpc) is 2.66. The summed E-state index contributed by atoms with van der Waals surface area (Å²) in [6, 6.07) is 17.3. The smallest absolute Gasteiger partial charge is 0.242 e. The molecule has 2 amide bonds. The van der Waals surface area contributed by atoms with Gasteiger partial charge in [-0.05, 0) is 38.5 Å². The molecule has 0 aliphatic carbocycles. The molecule has 0 saturated carbocycles. The molecule has 2 aromatic rings. The second-order valence-corrected chi connectivity index (χ2v) is 7.23. The number of hydrogen-bond acceptors (Lipinski definition) is 3. The highest BCUT2D eigenvalue weighted by Gasteiger charge is 2.25. The van der Waals surface area contributed by atoms with Crippen LogP contribution in [0.4, 0.5) is 0 Å². The Morgan fingerprint density at radius 1 is 1.08 bits per heavy atom. The number of hydrogen-bond donors (Lipinski definition) is 1. The van der Waals surface area contributed by atoms with Crippen LogP contribution in [0.15, 0.2) is 59.5 Å². The van der Waals surface area contributed by atoms with Crippen molar-refractivity contribution in [3.05, 3.63) is 65.7 Å². The Kier molecular flexibility index (Phi) is 7.73. The second-order valence-electron chi connectivity index (χ2n) is 6.18. The molecule has 0 spiro atoms. The molecule has 1 atom stereocenters. The molecule has 1 unspecified atom stereocenters. The van der Waals surface area contributed by atoms with Gasteiger partial charge in [0.25, 0.3) is 0 Å². The van der Waals surface area contributed by atoms with Crippen LogP contribution in [-0.4, -0.2) is 35.1 Å². The number of nitrogens with zero attached hydrogens (tertiary/aromatic N) is 1. The minimum atomic E-state index is -0.513. The van der Waals surface area contributed by atoms with Gasteiger partial charge in [-0.15, -0.1) is 11.8 Å². The molecule has 5 heteroatoms. The summed E-state index contributed by atoms with van der Waals surface area (Å²) in [6.45, 7) is 6.67. The monoisotopic (exact) mass is 370 g/mol. The van der Waals surface area contributed by atoms with Crippen molar-refractivity contribution < 1.29 is 9.59 Å². The minimum Gasteiger partial charge on any atom is -0.355 e. The van der Waals surface area contributed by atoms with E-state index in [1.807, 2.05) is 68.4 Å². The third-order valence-corrected chi connectivity index (χ3v) is 5.09. The highest BCUT2D eigenvalue weighted by atomic mass is 32.2. The zero-order valence-electron chi connectivity index (χ0n) is 15.6. The van der Waals surface area contributed by atoms with Gasteiger partial charge < -0.3 is 10.2 Å². The third kappa shape index (κ3) is 5.92. The van der Waals surface area contributed by atoms with E-state index >= 15 is 0 Å². The lowest BCUT2D eigenvalue weighted by atomic mass is 10.1. The third-order valence-electron chi connectivity index (χ3n) is 4.10. The summed E-state index contributed by atoms with van der Waals surface area (Å²) < 4.78 is 0. The number of carbonyl (C=O) groups excluding carboxylic acids is 2. The van der Waals surface area contributed by atoms with Crippen molar-refractivity contribution in [2.45, 2.75) is 38.3 Å². The average molecular weight is 371 g/mol. The fourth-order valence-corrected chi connectivity index (χ4v) is 3.33. The summed E-state index contributed by atoms with van der Waals surface area (Å²) in [7, 11) is 0. The predicted molar refractivity (Wildman–Crippen MR) is 107 cm³/mol. The summed E-state index contributed by atoms with van der Waals surface area (Å²) >= 11 is 1.50. The summed E-state index contributed by atoms with van der Waals surface area (Å²) in [6.07, 6.45) is 0. The molecule has 0 aliphatic heterocycles. The number of aryl methyl sites for hydroxylation is 1.